The van der Waals surface area contributed by atoms with Crippen molar-refractivity contribution in [2.24, 2.45) is 29.1 Å². The maximum atomic E-state index is 12.1. The Morgan fingerprint density at radius 2 is 2.20 bits per heavy atom. The standard InChI is InChI=1S/C16H22O4/c1-8(2)14(17)19-12-6-9-5-11-15(18)20-13-10(12)3-4-16(11,13)7-9/h8-13H,3-7H2,1-2H3. The molecule has 1 spiro atoms. The Labute approximate surface area is 119 Å². The van der Waals surface area contributed by atoms with Gasteiger partial charge >= 0.3 is 11.9 Å². The van der Waals surface area contributed by atoms with Crippen molar-refractivity contribution >= 4 is 11.9 Å². The lowest BCUT2D eigenvalue weighted by Gasteiger charge is -2.29. The molecular formula is C16H22O4. The molecule has 4 aliphatic rings. The first-order chi connectivity index (χ1) is 9.51. The van der Waals surface area contributed by atoms with Crippen LogP contribution in [0.5, 0.6) is 0 Å². The number of hydrogen-bond acceptors (Lipinski definition) is 4. The van der Waals surface area contributed by atoms with E-state index in [1.807, 2.05) is 13.8 Å². The van der Waals surface area contributed by atoms with Gasteiger partial charge in [-0.3, -0.25) is 9.59 Å². The molecule has 1 saturated heterocycles. The number of carbonyl (C=O) groups is 2. The van der Waals surface area contributed by atoms with E-state index in [2.05, 4.69) is 0 Å². The summed E-state index contributed by atoms with van der Waals surface area (Å²) in [5.74, 6) is 0.698. The average Bonchev–Trinajstić information content (AvgIpc) is 2.95. The zero-order chi connectivity index (χ0) is 14.1. The minimum Gasteiger partial charge on any atom is -0.462 e. The van der Waals surface area contributed by atoms with Crippen LogP contribution in [0.3, 0.4) is 0 Å². The molecule has 4 nitrogen and oxygen atoms in total. The van der Waals surface area contributed by atoms with Crippen molar-refractivity contribution in [3.05, 3.63) is 0 Å². The fraction of sp³-hybridized carbons (Fsp3) is 0.875. The summed E-state index contributed by atoms with van der Waals surface area (Å²) in [6.45, 7) is 3.74. The molecule has 6 atom stereocenters. The SMILES string of the molecule is CC(C)C(=O)OC1CC2CC3C(=O)OC4C1CCC34C2. The molecule has 20 heavy (non-hydrogen) atoms. The number of esters is 2. The Kier molecular flexibility index (Phi) is 2.52. The van der Waals surface area contributed by atoms with Crippen molar-refractivity contribution < 1.29 is 19.1 Å². The smallest absolute Gasteiger partial charge is 0.309 e. The van der Waals surface area contributed by atoms with Crippen molar-refractivity contribution in [3.8, 4) is 0 Å². The van der Waals surface area contributed by atoms with Crippen molar-refractivity contribution in [1.29, 1.82) is 0 Å². The highest BCUT2D eigenvalue weighted by Crippen LogP contribution is 2.66. The van der Waals surface area contributed by atoms with Gasteiger partial charge in [0.15, 0.2) is 0 Å². The maximum Gasteiger partial charge on any atom is 0.309 e. The van der Waals surface area contributed by atoms with Gasteiger partial charge in [0.05, 0.1) is 11.8 Å². The van der Waals surface area contributed by atoms with Gasteiger partial charge in [0.1, 0.15) is 12.2 Å². The molecule has 6 unspecified atom stereocenters. The molecule has 0 N–H and O–H groups in total. The minimum absolute atomic E-state index is 0.0115. The van der Waals surface area contributed by atoms with Crippen molar-refractivity contribution in [2.45, 2.75) is 58.2 Å². The predicted octanol–water partition coefficient (Wildman–Crippen LogP) is 2.31. The van der Waals surface area contributed by atoms with Gasteiger partial charge in [-0.15, -0.1) is 0 Å². The van der Waals surface area contributed by atoms with E-state index in [1.54, 1.807) is 0 Å². The van der Waals surface area contributed by atoms with Crippen molar-refractivity contribution in [1.82, 2.24) is 0 Å². The lowest BCUT2D eigenvalue weighted by Crippen LogP contribution is -2.37. The molecule has 0 aromatic rings. The van der Waals surface area contributed by atoms with E-state index in [0.717, 1.165) is 32.1 Å². The van der Waals surface area contributed by atoms with Crippen LogP contribution in [0.25, 0.3) is 0 Å². The van der Waals surface area contributed by atoms with E-state index in [1.165, 1.54) is 0 Å². The number of carbonyl (C=O) groups excluding carboxylic acids is 2. The van der Waals surface area contributed by atoms with Gasteiger partial charge in [-0.05, 0) is 38.0 Å². The van der Waals surface area contributed by atoms with Gasteiger partial charge in [-0.2, -0.15) is 0 Å². The molecule has 3 bridgehead atoms. The van der Waals surface area contributed by atoms with Gasteiger partial charge in [-0.1, -0.05) is 13.8 Å². The molecule has 0 radical (unpaired) electrons. The summed E-state index contributed by atoms with van der Waals surface area (Å²) in [6.07, 6.45) is 5.04. The lowest BCUT2D eigenvalue weighted by molar-refractivity contribution is -0.160. The minimum atomic E-state index is -0.116. The van der Waals surface area contributed by atoms with Crippen LogP contribution < -0.4 is 0 Å². The van der Waals surface area contributed by atoms with Crippen LogP contribution in [0.2, 0.25) is 0 Å². The quantitative estimate of drug-likeness (QED) is 0.727. The zero-order valence-electron chi connectivity index (χ0n) is 12.1. The molecule has 3 aliphatic carbocycles. The fourth-order valence-electron chi connectivity index (χ4n) is 5.30. The second-order valence-corrected chi connectivity index (χ2v) is 7.52. The van der Waals surface area contributed by atoms with Gasteiger partial charge < -0.3 is 9.47 Å². The van der Waals surface area contributed by atoms with E-state index < -0.39 is 0 Å². The average molecular weight is 278 g/mol. The zero-order valence-corrected chi connectivity index (χ0v) is 12.1. The van der Waals surface area contributed by atoms with Gasteiger partial charge in [0.2, 0.25) is 0 Å². The van der Waals surface area contributed by atoms with E-state index in [-0.39, 0.29) is 47.3 Å². The normalized spacial score (nSPS) is 48.4. The second-order valence-electron chi connectivity index (χ2n) is 7.52. The molecular weight excluding hydrogens is 256 g/mol. The summed E-state index contributed by atoms with van der Waals surface area (Å²) in [5.41, 5.74) is 0.0887. The molecule has 1 aliphatic heterocycles. The lowest BCUT2D eigenvalue weighted by atomic mass is 9.76. The molecule has 0 amide bonds. The molecule has 4 heteroatoms. The molecule has 0 aromatic carbocycles. The Morgan fingerprint density at radius 1 is 1.40 bits per heavy atom. The van der Waals surface area contributed by atoms with Gasteiger partial charge in [0, 0.05) is 11.3 Å². The van der Waals surface area contributed by atoms with Gasteiger partial charge in [0.25, 0.3) is 0 Å². The maximum absolute atomic E-state index is 12.1. The third-order valence-corrected chi connectivity index (χ3v) is 6.14. The molecule has 3 saturated carbocycles. The molecule has 110 valence electrons. The number of ether oxygens (including phenoxy) is 2. The highest BCUT2D eigenvalue weighted by atomic mass is 16.6. The number of hydrogen-bond donors (Lipinski definition) is 0. The first kappa shape index (κ1) is 12.7. The summed E-state index contributed by atoms with van der Waals surface area (Å²) in [4.78, 5) is 24.0. The molecule has 1 heterocycles. The van der Waals surface area contributed by atoms with Crippen LogP contribution in [0.15, 0.2) is 0 Å². The van der Waals surface area contributed by atoms with Crippen LogP contribution in [0.1, 0.15) is 46.0 Å². The van der Waals surface area contributed by atoms with E-state index >= 15 is 0 Å². The van der Waals surface area contributed by atoms with Crippen LogP contribution >= 0.6 is 0 Å². The monoisotopic (exact) mass is 278 g/mol. The van der Waals surface area contributed by atoms with Crippen LogP contribution in [-0.4, -0.2) is 24.1 Å². The third kappa shape index (κ3) is 1.48. The largest absolute Gasteiger partial charge is 0.462 e. The van der Waals surface area contributed by atoms with E-state index in [0.29, 0.717) is 5.92 Å². The summed E-state index contributed by atoms with van der Waals surface area (Å²) in [6, 6.07) is 0. The van der Waals surface area contributed by atoms with Crippen LogP contribution in [-0.2, 0) is 19.1 Å². The Hall–Kier alpha value is -1.06. The number of fused-ring (bicyclic) bond motifs is 1. The molecule has 0 aromatic heterocycles. The third-order valence-electron chi connectivity index (χ3n) is 6.14. The number of rotatable bonds is 2. The van der Waals surface area contributed by atoms with E-state index in [9.17, 15) is 9.59 Å². The van der Waals surface area contributed by atoms with Gasteiger partial charge in [-0.25, -0.2) is 0 Å². The summed E-state index contributed by atoms with van der Waals surface area (Å²) < 4.78 is 11.5. The van der Waals surface area contributed by atoms with Crippen LogP contribution in [0, 0.1) is 29.1 Å². The Bertz CT molecular complexity index is 471. The molecule has 4 fully saturated rings. The summed E-state index contributed by atoms with van der Waals surface area (Å²) in [7, 11) is 0. The Morgan fingerprint density at radius 3 is 2.95 bits per heavy atom. The van der Waals surface area contributed by atoms with Crippen LogP contribution in [0.4, 0.5) is 0 Å². The van der Waals surface area contributed by atoms with Crippen molar-refractivity contribution in [3.63, 3.8) is 0 Å². The summed E-state index contributed by atoms with van der Waals surface area (Å²) in [5, 5.41) is 0. The second kappa shape index (κ2) is 3.99. The van der Waals surface area contributed by atoms with E-state index in [4.69, 9.17) is 9.47 Å². The van der Waals surface area contributed by atoms with Crippen molar-refractivity contribution in [2.75, 3.05) is 0 Å². The first-order valence-corrected chi connectivity index (χ1v) is 7.92. The predicted molar refractivity (Wildman–Crippen MR) is 70.6 cm³/mol. The first-order valence-electron chi connectivity index (χ1n) is 7.92. The highest BCUT2D eigenvalue weighted by molar-refractivity contribution is 5.77. The fourth-order valence-corrected chi connectivity index (χ4v) is 5.30. The highest BCUT2D eigenvalue weighted by Gasteiger charge is 2.69. The summed E-state index contributed by atoms with van der Waals surface area (Å²) >= 11 is 0. The topological polar surface area (TPSA) is 52.6 Å². The Balaban J connectivity index is 1.64. The molecule has 4 rings (SSSR count).